The minimum Gasteiger partial charge on any atom is -0.396 e. The molecule has 0 saturated carbocycles. The van der Waals surface area contributed by atoms with Gasteiger partial charge >= 0.3 is 0 Å². The Morgan fingerprint density at radius 2 is 1.92 bits per heavy atom. The minimum atomic E-state index is 0.305. The third-order valence-corrected chi connectivity index (χ3v) is 2.01. The molecule has 0 aliphatic carbocycles. The summed E-state index contributed by atoms with van der Waals surface area (Å²) >= 11 is 0. The molecule has 1 N–H and O–H groups in total. The van der Waals surface area contributed by atoms with Crippen LogP contribution in [-0.4, -0.2) is 11.7 Å². The monoisotopic (exact) mass is 170 g/mol. The summed E-state index contributed by atoms with van der Waals surface area (Å²) in [6, 6.07) is 0. The Hall–Kier alpha value is -0.300. The average molecular weight is 170 g/mol. The van der Waals surface area contributed by atoms with Gasteiger partial charge in [-0.1, -0.05) is 38.3 Å². The normalized spacial score (nSPS) is 12.1. The highest BCUT2D eigenvalue weighted by Crippen LogP contribution is 2.12. The van der Waals surface area contributed by atoms with E-state index in [-0.39, 0.29) is 0 Å². The Balaban J connectivity index is 3.68. The first-order valence-corrected chi connectivity index (χ1v) is 5.13. The number of hydrogen-bond acceptors (Lipinski definition) is 1. The molecule has 0 aromatic carbocycles. The maximum Gasteiger partial charge on any atom is 0.0468 e. The number of aliphatic hydroxyl groups is 1. The van der Waals surface area contributed by atoms with Gasteiger partial charge in [0.05, 0.1) is 0 Å². The summed E-state index contributed by atoms with van der Waals surface area (Å²) in [6.45, 7) is 4.70. The topological polar surface area (TPSA) is 20.2 Å². The van der Waals surface area contributed by atoms with E-state index in [4.69, 9.17) is 5.11 Å². The van der Waals surface area contributed by atoms with Gasteiger partial charge in [-0.2, -0.15) is 0 Å². The van der Waals surface area contributed by atoms with Crippen molar-refractivity contribution in [3.8, 4) is 0 Å². The lowest BCUT2D eigenvalue weighted by Gasteiger charge is -2.04. The molecule has 0 rings (SSSR count). The summed E-state index contributed by atoms with van der Waals surface area (Å²) in [7, 11) is 0. The van der Waals surface area contributed by atoms with Crippen LogP contribution in [0.25, 0.3) is 0 Å². The maximum absolute atomic E-state index is 8.79. The zero-order valence-corrected chi connectivity index (χ0v) is 8.47. The van der Waals surface area contributed by atoms with E-state index in [1.165, 1.54) is 37.7 Å². The molecule has 0 fully saturated rings. The second-order valence-corrected chi connectivity index (χ2v) is 3.23. The molecule has 0 aromatic heterocycles. The second-order valence-electron chi connectivity index (χ2n) is 3.23. The molecule has 0 amide bonds. The van der Waals surface area contributed by atoms with Gasteiger partial charge in [0.2, 0.25) is 0 Å². The van der Waals surface area contributed by atoms with Gasteiger partial charge in [-0.25, -0.2) is 0 Å². The highest BCUT2D eigenvalue weighted by Gasteiger charge is 1.95. The summed E-state index contributed by atoms with van der Waals surface area (Å²) in [5.41, 5.74) is 1.45. The van der Waals surface area contributed by atoms with E-state index in [0.717, 1.165) is 6.42 Å². The standard InChI is InChI=1S/C11H22O/c1-3-5-7-11(9-10-12)8-6-4-2/h7,12H,3-6,8-10H2,1-2H3/b11-7+. The van der Waals surface area contributed by atoms with E-state index in [1.54, 1.807) is 0 Å². The fraction of sp³-hybridized carbons (Fsp3) is 0.818. The van der Waals surface area contributed by atoms with E-state index >= 15 is 0 Å². The van der Waals surface area contributed by atoms with Gasteiger partial charge in [0, 0.05) is 6.61 Å². The number of unbranched alkanes of at least 4 members (excludes halogenated alkanes) is 2. The third kappa shape index (κ3) is 6.41. The lowest BCUT2D eigenvalue weighted by molar-refractivity contribution is 0.297. The zero-order valence-electron chi connectivity index (χ0n) is 8.47. The predicted molar refractivity (Wildman–Crippen MR) is 54.2 cm³/mol. The van der Waals surface area contributed by atoms with Crippen LogP contribution in [0.2, 0.25) is 0 Å². The van der Waals surface area contributed by atoms with Crippen LogP contribution in [0.3, 0.4) is 0 Å². The molecule has 0 aromatic rings. The maximum atomic E-state index is 8.79. The van der Waals surface area contributed by atoms with Gasteiger partial charge in [-0.3, -0.25) is 0 Å². The van der Waals surface area contributed by atoms with Crippen LogP contribution >= 0.6 is 0 Å². The molecular formula is C11H22O. The van der Waals surface area contributed by atoms with Gasteiger partial charge in [-0.05, 0) is 25.7 Å². The van der Waals surface area contributed by atoms with E-state index in [1.807, 2.05) is 0 Å². The molecular weight excluding hydrogens is 148 g/mol. The highest BCUT2D eigenvalue weighted by atomic mass is 16.2. The summed E-state index contributed by atoms with van der Waals surface area (Å²) in [5, 5.41) is 8.79. The molecule has 0 aliphatic rings. The second kappa shape index (κ2) is 8.79. The Labute approximate surface area is 76.5 Å². The number of aliphatic hydroxyl groups excluding tert-OH is 1. The molecule has 0 radical (unpaired) electrons. The molecule has 1 heteroatoms. The highest BCUT2D eigenvalue weighted by molar-refractivity contribution is 5.01. The number of rotatable bonds is 7. The smallest absolute Gasteiger partial charge is 0.0468 e. The number of hydrogen-bond donors (Lipinski definition) is 1. The predicted octanol–water partition coefficient (Wildman–Crippen LogP) is 3.29. The molecule has 0 unspecified atom stereocenters. The average Bonchev–Trinajstić information content (AvgIpc) is 2.10. The first kappa shape index (κ1) is 11.7. The summed E-state index contributed by atoms with van der Waals surface area (Å²) in [5.74, 6) is 0. The number of allylic oxidation sites excluding steroid dienone is 1. The largest absolute Gasteiger partial charge is 0.396 e. The Morgan fingerprint density at radius 1 is 1.17 bits per heavy atom. The van der Waals surface area contributed by atoms with Crippen LogP contribution in [-0.2, 0) is 0 Å². The Morgan fingerprint density at radius 3 is 2.42 bits per heavy atom. The van der Waals surface area contributed by atoms with E-state index in [2.05, 4.69) is 19.9 Å². The van der Waals surface area contributed by atoms with Crippen LogP contribution in [0.4, 0.5) is 0 Å². The molecule has 0 spiro atoms. The molecule has 0 atom stereocenters. The summed E-state index contributed by atoms with van der Waals surface area (Å²) in [4.78, 5) is 0. The third-order valence-electron chi connectivity index (χ3n) is 2.01. The van der Waals surface area contributed by atoms with E-state index < -0.39 is 0 Å². The zero-order chi connectivity index (χ0) is 9.23. The summed E-state index contributed by atoms with van der Waals surface area (Å²) < 4.78 is 0. The van der Waals surface area contributed by atoms with Crippen molar-refractivity contribution >= 4 is 0 Å². The lowest BCUT2D eigenvalue weighted by Crippen LogP contribution is -1.89. The van der Waals surface area contributed by atoms with Crippen LogP contribution in [0.5, 0.6) is 0 Å². The Kier molecular flexibility index (Phi) is 8.57. The molecule has 0 bridgehead atoms. The van der Waals surface area contributed by atoms with Gasteiger partial charge in [0.1, 0.15) is 0 Å². The minimum absolute atomic E-state index is 0.305. The Bertz CT molecular complexity index is 116. The van der Waals surface area contributed by atoms with Gasteiger partial charge < -0.3 is 5.11 Å². The van der Waals surface area contributed by atoms with E-state index in [9.17, 15) is 0 Å². The van der Waals surface area contributed by atoms with Crippen molar-refractivity contribution in [1.29, 1.82) is 0 Å². The molecule has 72 valence electrons. The lowest BCUT2D eigenvalue weighted by atomic mass is 10.0. The van der Waals surface area contributed by atoms with Crippen molar-refractivity contribution in [3.63, 3.8) is 0 Å². The first-order chi connectivity index (χ1) is 5.85. The van der Waals surface area contributed by atoms with Gasteiger partial charge in [0.15, 0.2) is 0 Å². The summed E-state index contributed by atoms with van der Waals surface area (Å²) in [6.07, 6.45) is 9.23. The van der Waals surface area contributed by atoms with E-state index in [0.29, 0.717) is 6.61 Å². The van der Waals surface area contributed by atoms with Crippen LogP contribution < -0.4 is 0 Å². The molecule has 12 heavy (non-hydrogen) atoms. The molecule has 0 saturated heterocycles. The quantitative estimate of drug-likeness (QED) is 0.581. The molecule has 0 heterocycles. The van der Waals surface area contributed by atoms with Crippen LogP contribution in [0, 0.1) is 0 Å². The SMILES string of the molecule is CCC/C=C(/CCO)CCCC. The van der Waals surface area contributed by atoms with Crippen molar-refractivity contribution in [3.05, 3.63) is 11.6 Å². The van der Waals surface area contributed by atoms with Gasteiger partial charge in [0.25, 0.3) is 0 Å². The fourth-order valence-corrected chi connectivity index (χ4v) is 1.23. The van der Waals surface area contributed by atoms with Crippen LogP contribution in [0.15, 0.2) is 11.6 Å². The van der Waals surface area contributed by atoms with Crippen molar-refractivity contribution in [1.82, 2.24) is 0 Å². The van der Waals surface area contributed by atoms with Crippen molar-refractivity contribution in [2.24, 2.45) is 0 Å². The first-order valence-electron chi connectivity index (χ1n) is 5.13. The molecule has 0 aliphatic heterocycles. The van der Waals surface area contributed by atoms with Crippen LogP contribution in [0.1, 0.15) is 52.4 Å². The van der Waals surface area contributed by atoms with Gasteiger partial charge in [-0.15, -0.1) is 0 Å². The fourth-order valence-electron chi connectivity index (χ4n) is 1.23. The van der Waals surface area contributed by atoms with Crippen molar-refractivity contribution < 1.29 is 5.11 Å². The molecule has 1 nitrogen and oxygen atoms in total. The van der Waals surface area contributed by atoms with Crippen molar-refractivity contribution in [2.45, 2.75) is 52.4 Å². The van der Waals surface area contributed by atoms with Crippen molar-refractivity contribution in [2.75, 3.05) is 6.61 Å².